The highest BCUT2D eigenvalue weighted by Crippen LogP contribution is 2.13. The molecule has 0 aliphatic heterocycles. The van der Waals surface area contributed by atoms with Gasteiger partial charge in [-0.3, -0.25) is 4.79 Å². The molecule has 0 radical (unpaired) electrons. The zero-order valence-corrected chi connectivity index (χ0v) is 12.6. The molecule has 0 amide bonds. The van der Waals surface area contributed by atoms with Gasteiger partial charge in [0, 0.05) is 6.54 Å². The molecule has 0 heterocycles. The van der Waals surface area contributed by atoms with Crippen LogP contribution in [0.25, 0.3) is 0 Å². The maximum absolute atomic E-state index is 11.8. The summed E-state index contributed by atoms with van der Waals surface area (Å²) in [4.78, 5) is 11.8. The molecule has 0 bridgehead atoms. The molecule has 0 aliphatic rings. The zero-order chi connectivity index (χ0) is 14.4. The van der Waals surface area contributed by atoms with Gasteiger partial charge in [-0.1, -0.05) is 44.0 Å². The van der Waals surface area contributed by atoms with E-state index < -0.39 is 0 Å². The molecular weight excluding hydrogens is 238 g/mol. The normalized spacial score (nSPS) is 13.9. The Morgan fingerprint density at radius 2 is 2.05 bits per heavy atom. The van der Waals surface area contributed by atoms with Gasteiger partial charge in [0.1, 0.15) is 6.04 Å². The van der Waals surface area contributed by atoms with E-state index in [-0.39, 0.29) is 17.9 Å². The van der Waals surface area contributed by atoms with Gasteiger partial charge in [-0.25, -0.2) is 0 Å². The van der Waals surface area contributed by atoms with Gasteiger partial charge in [0.05, 0.1) is 7.11 Å². The number of rotatable bonds is 6. The number of benzene rings is 1. The minimum atomic E-state index is -0.241. The molecule has 0 fully saturated rings. The molecule has 3 nitrogen and oxygen atoms in total. The Bertz CT molecular complexity index is 429. The second kappa shape index (κ2) is 7.29. The maximum Gasteiger partial charge on any atom is 0.323 e. The number of ether oxygens (including phenoxy) is 1. The monoisotopic (exact) mass is 263 g/mol. The molecule has 1 aromatic carbocycles. The van der Waals surface area contributed by atoms with Crippen LogP contribution in [0.3, 0.4) is 0 Å². The highest BCUT2D eigenvalue weighted by molar-refractivity contribution is 5.76. The lowest BCUT2D eigenvalue weighted by molar-refractivity contribution is -0.144. The Morgan fingerprint density at radius 3 is 2.63 bits per heavy atom. The van der Waals surface area contributed by atoms with E-state index >= 15 is 0 Å². The summed E-state index contributed by atoms with van der Waals surface area (Å²) < 4.78 is 4.88. The van der Waals surface area contributed by atoms with Gasteiger partial charge < -0.3 is 10.1 Å². The third-order valence-corrected chi connectivity index (χ3v) is 3.69. The van der Waals surface area contributed by atoms with Crippen LogP contribution >= 0.6 is 0 Å². The molecule has 0 saturated carbocycles. The number of carbonyl (C=O) groups is 1. The number of hydrogen-bond donors (Lipinski definition) is 1. The van der Waals surface area contributed by atoms with Gasteiger partial charge in [-0.05, 0) is 30.9 Å². The SMILES string of the molecule is CCC(C)C(NCc1cc(C)ccc1C)C(=O)OC. The van der Waals surface area contributed by atoms with Gasteiger partial charge >= 0.3 is 5.97 Å². The van der Waals surface area contributed by atoms with Crippen molar-refractivity contribution in [1.29, 1.82) is 0 Å². The Kier molecular flexibility index (Phi) is 6.03. The van der Waals surface area contributed by atoms with Crippen LogP contribution in [0.2, 0.25) is 0 Å². The largest absolute Gasteiger partial charge is 0.468 e. The Morgan fingerprint density at radius 1 is 1.37 bits per heavy atom. The molecule has 3 heteroatoms. The molecule has 2 unspecified atom stereocenters. The summed E-state index contributed by atoms with van der Waals surface area (Å²) in [6.07, 6.45) is 0.944. The van der Waals surface area contributed by atoms with Gasteiger partial charge in [0.2, 0.25) is 0 Å². The first-order valence-electron chi connectivity index (χ1n) is 6.87. The molecule has 1 N–H and O–H groups in total. The molecule has 0 aromatic heterocycles. The van der Waals surface area contributed by atoms with E-state index in [2.05, 4.69) is 51.2 Å². The lowest BCUT2D eigenvalue weighted by Gasteiger charge is -2.22. The van der Waals surface area contributed by atoms with E-state index in [1.54, 1.807) is 0 Å². The number of aryl methyl sites for hydroxylation is 2. The van der Waals surface area contributed by atoms with Gasteiger partial charge in [-0.15, -0.1) is 0 Å². The lowest BCUT2D eigenvalue weighted by atomic mass is 9.98. The molecule has 19 heavy (non-hydrogen) atoms. The number of nitrogens with one attached hydrogen (secondary N) is 1. The minimum Gasteiger partial charge on any atom is -0.468 e. The van der Waals surface area contributed by atoms with Crippen molar-refractivity contribution in [2.24, 2.45) is 5.92 Å². The fourth-order valence-electron chi connectivity index (χ4n) is 2.09. The van der Waals surface area contributed by atoms with Crippen molar-refractivity contribution < 1.29 is 9.53 Å². The maximum atomic E-state index is 11.8. The smallest absolute Gasteiger partial charge is 0.323 e. The van der Waals surface area contributed by atoms with E-state index in [4.69, 9.17) is 4.74 Å². The fourth-order valence-corrected chi connectivity index (χ4v) is 2.09. The van der Waals surface area contributed by atoms with E-state index in [1.807, 2.05) is 0 Å². The van der Waals surface area contributed by atoms with Crippen LogP contribution in [-0.4, -0.2) is 19.1 Å². The second-order valence-electron chi connectivity index (χ2n) is 5.20. The van der Waals surface area contributed by atoms with Crippen LogP contribution < -0.4 is 5.32 Å². The van der Waals surface area contributed by atoms with Crippen molar-refractivity contribution in [2.75, 3.05) is 7.11 Å². The Hall–Kier alpha value is -1.35. The Balaban J connectivity index is 2.75. The number of esters is 1. The highest BCUT2D eigenvalue weighted by atomic mass is 16.5. The molecule has 0 spiro atoms. The van der Waals surface area contributed by atoms with Crippen molar-refractivity contribution in [1.82, 2.24) is 5.32 Å². The van der Waals surface area contributed by atoms with Gasteiger partial charge in [0.25, 0.3) is 0 Å². The quantitative estimate of drug-likeness (QED) is 0.802. The first kappa shape index (κ1) is 15.7. The minimum absolute atomic E-state index is 0.181. The number of carbonyl (C=O) groups excluding carboxylic acids is 1. The molecule has 0 aliphatic carbocycles. The molecule has 1 aromatic rings. The van der Waals surface area contributed by atoms with Crippen LogP contribution in [0.15, 0.2) is 18.2 Å². The Labute approximate surface area is 116 Å². The van der Waals surface area contributed by atoms with Crippen molar-refractivity contribution in [3.8, 4) is 0 Å². The van der Waals surface area contributed by atoms with E-state index in [9.17, 15) is 4.79 Å². The van der Waals surface area contributed by atoms with Gasteiger partial charge in [0.15, 0.2) is 0 Å². The predicted octanol–water partition coefficient (Wildman–Crippen LogP) is 2.98. The van der Waals surface area contributed by atoms with E-state index in [0.717, 1.165) is 6.42 Å². The standard InChI is InChI=1S/C16H25NO2/c1-6-12(3)15(16(18)19-5)17-10-14-9-11(2)7-8-13(14)4/h7-9,12,15,17H,6,10H2,1-5H3. The topological polar surface area (TPSA) is 38.3 Å². The number of hydrogen-bond acceptors (Lipinski definition) is 3. The van der Waals surface area contributed by atoms with E-state index in [0.29, 0.717) is 6.54 Å². The molecule has 0 saturated heterocycles. The third kappa shape index (κ3) is 4.35. The van der Waals surface area contributed by atoms with Gasteiger partial charge in [-0.2, -0.15) is 0 Å². The average molecular weight is 263 g/mol. The summed E-state index contributed by atoms with van der Waals surface area (Å²) in [7, 11) is 1.44. The molecule has 2 atom stereocenters. The lowest BCUT2D eigenvalue weighted by Crippen LogP contribution is -2.42. The highest BCUT2D eigenvalue weighted by Gasteiger charge is 2.24. The zero-order valence-electron chi connectivity index (χ0n) is 12.6. The van der Waals surface area contributed by atoms with E-state index in [1.165, 1.54) is 23.8 Å². The van der Waals surface area contributed by atoms with Crippen LogP contribution in [0.4, 0.5) is 0 Å². The third-order valence-electron chi connectivity index (χ3n) is 3.69. The molecule has 1 rings (SSSR count). The summed E-state index contributed by atoms with van der Waals surface area (Å²) in [5.41, 5.74) is 3.71. The van der Waals surface area contributed by atoms with Crippen LogP contribution in [0.5, 0.6) is 0 Å². The summed E-state index contributed by atoms with van der Waals surface area (Å²) >= 11 is 0. The molecular formula is C16H25NO2. The fraction of sp³-hybridized carbons (Fsp3) is 0.562. The molecule has 106 valence electrons. The van der Waals surface area contributed by atoms with Crippen molar-refractivity contribution in [2.45, 2.75) is 46.7 Å². The first-order chi connectivity index (χ1) is 8.99. The number of methoxy groups -OCH3 is 1. The predicted molar refractivity (Wildman–Crippen MR) is 78.0 cm³/mol. The van der Waals surface area contributed by atoms with Crippen LogP contribution in [0, 0.1) is 19.8 Å². The van der Waals surface area contributed by atoms with Crippen molar-refractivity contribution in [3.63, 3.8) is 0 Å². The van der Waals surface area contributed by atoms with Crippen LogP contribution in [0.1, 0.15) is 37.0 Å². The first-order valence-corrected chi connectivity index (χ1v) is 6.87. The second-order valence-corrected chi connectivity index (χ2v) is 5.20. The summed E-state index contributed by atoms with van der Waals surface area (Å²) in [6.45, 7) is 9.01. The summed E-state index contributed by atoms with van der Waals surface area (Å²) in [5.74, 6) is 0.0808. The summed E-state index contributed by atoms with van der Waals surface area (Å²) in [6, 6.07) is 6.14. The van der Waals surface area contributed by atoms with Crippen molar-refractivity contribution >= 4 is 5.97 Å². The average Bonchev–Trinajstić information content (AvgIpc) is 2.41. The summed E-state index contributed by atoms with van der Waals surface area (Å²) in [5, 5.41) is 3.33. The van der Waals surface area contributed by atoms with Crippen molar-refractivity contribution in [3.05, 3.63) is 34.9 Å². The van der Waals surface area contributed by atoms with Crippen LogP contribution in [-0.2, 0) is 16.1 Å².